The van der Waals surface area contributed by atoms with Crippen LogP contribution >= 0.6 is 11.6 Å². The van der Waals surface area contributed by atoms with Crippen molar-refractivity contribution in [1.29, 1.82) is 0 Å². The highest BCUT2D eigenvalue weighted by molar-refractivity contribution is 6.30. The lowest BCUT2D eigenvalue weighted by Gasteiger charge is -2.13. The Labute approximate surface area is 124 Å². The van der Waals surface area contributed by atoms with Gasteiger partial charge in [-0.2, -0.15) is 0 Å². The quantitative estimate of drug-likeness (QED) is 0.906. The van der Waals surface area contributed by atoms with E-state index in [0.717, 1.165) is 35.9 Å². The predicted octanol–water partition coefficient (Wildman–Crippen LogP) is 3.15. The van der Waals surface area contributed by atoms with Gasteiger partial charge in [-0.3, -0.25) is 0 Å². The highest BCUT2D eigenvalue weighted by Gasteiger charge is 2.20. The Kier molecular flexibility index (Phi) is 4.55. The van der Waals surface area contributed by atoms with Crippen molar-refractivity contribution in [3.63, 3.8) is 0 Å². The maximum absolute atomic E-state index is 5.89. The zero-order chi connectivity index (χ0) is 13.8. The molecule has 20 heavy (non-hydrogen) atoms. The minimum absolute atomic E-state index is 0.103. The predicted molar refractivity (Wildman–Crippen MR) is 80.8 cm³/mol. The minimum Gasteiger partial charge on any atom is -0.391 e. The van der Waals surface area contributed by atoms with E-state index in [0.29, 0.717) is 0 Å². The summed E-state index contributed by atoms with van der Waals surface area (Å²) < 4.78 is 0. The fraction of sp³-hybridized carbons (Fsp3) is 0.533. The Morgan fingerprint density at radius 3 is 2.75 bits per heavy atom. The molecule has 5 heteroatoms. The first-order valence-corrected chi connectivity index (χ1v) is 7.66. The van der Waals surface area contributed by atoms with Gasteiger partial charge >= 0.3 is 0 Å². The molecule has 0 radical (unpaired) electrons. The van der Waals surface area contributed by atoms with Crippen molar-refractivity contribution < 1.29 is 4.84 Å². The second-order valence-electron chi connectivity index (χ2n) is 5.35. The summed E-state index contributed by atoms with van der Waals surface area (Å²) in [6.07, 6.45) is 4.59. The topological polar surface area (TPSA) is 36.9 Å². The minimum atomic E-state index is -0.103. The van der Waals surface area contributed by atoms with Gasteiger partial charge in [0, 0.05) is 11.4 Å². The molecule has 1 saturated heterocycles. The third-order valence-corrected chi connectivity index (χ3v) is 4.06. The molecule has 2 heterocycles. The van der Waals surface area contributed by atoms with Crippen LogP contribution in [-0.2, 0) is 4.84 Å². The number of benzene rings is 1. The van der Waals surface area contributed by atoms with Crippen LogP contribution in [0.5, 0.6) is 0 Å². The Bertz CT molecular complexity index is 469. The molecule has 1 aromatic carbocycles. The molecular weight excluding hydrogens is 274 g/mol. The first-order valence-electron chi connectivity index (χ1n) is 7.28. The van der Waals surface area contributed by atoms with Crippen molar-refractivity contribution in [2.45, 2.75) is 31.8 Å². The summed E-state index contributed by atoms with van der Waals surface area (Å²) >= 11 is 5.89. The number of rotatable bonds is 5. The maximum atomic E-state index is 5.89. The average Bonchev–Trinajstić information content (AvgIpc) is 3.11. The van der Waals surface area contributed by atoms with Crippen molar-refractivity contribution in [3.05, 3.63) is 34.9 Å². The molecule has 3 rings (SSSR count). The molecule has 0 aliphatic carbocycles. The summed E-state index contributed by atoms with van der Waals surface area (Å²) in [5.74, 6) is 0.809. The van der Waals surface area contributed by atoms with E-state index in [1.54, 1.807) is 0 Å². The standard InChI is InChI=1S/C15H20ClN3O/c16-13-7-5-12(6-8-13)15-17-14(20-18-15)4-3-11-19-9-1-2-10-19/h5-8,15,18H,1-4,9-11H2/t15-/m0/s1. The summed E-state index contributed by atoms with van der Waals surface area (Å²) in [4.78, 5) is 12.6. The lowest BCUT2D eigenvalue weighted by Crippen LogP contribution is -2.21. The van der Waals surface area contributed by atoms with Gasteiger partial charge in [-0.05, 0) is 56.6 Å². The second-order valence-corrected chi connectivity index (χ2v) is 5.79. The summed E-state index contributed by atoms with van der Waals surface area (Å²) in [6.45, 7) is 3.64. The number of aliphatic imine (C=N–C) groups is 1. The van der Waals surface area contributed by atoms with Crippen LogP contribution in [-0.4, -0.2) is 30.4 Å². The van der Waals surface area contributed by atoms with Crippen molar-refractivity contribution in [3.8, 4) is 0 Å². The number of likely N-dealkylation sites (tertiary alicyclic amines) is 1. The summed E-state index contributed by atoms with van der Waals surface area (Å²) in [5, 5.41) is 0.738. The number of hydrogen-bond acceptors (Lipinski definition) is 4. The van der Waals surface area contributed by atoms with Gasteiger partial charge in [-0.25, -0.2) is 4.99 Å². The van der Waals surface area contributed by atoms with E-state index in [2.05, 4.69) is 15.4 Å². The van der Waals surface area contributed by atoms with Crippen LogP contribution in [0.15, 0.2) is 29.3 Å². The van der Waals surface area contributed by atoms with Crippen LogP contribution in [0, 0.1) is 0 Å². The number of halogens is 1. The first-order chi connectivity index (χ1) is 9.81. The van der Waals surface area contributed by atoms with Crippen LogP contribution < -0.4 is 5.48 Å². The molecule has 1 atom stereocenters. The SMILES string of the molecule is Clc1ccc([C@H]2N=C(CCCN3CCCC3)ON2)cc1. The monoisotopic (exact) mass is 293 g/mol. The molecule has 2 aliphatic rings. The zero-order valence-corrected chi connectivity index (χ0v) is 12.3. The molecule has 0 bridgehead atoms. The molecular formula is C15H20ClN3O. The van der Waals surface area contributed by atoms with Gasteiger partial charge < -0.3 is 9.74 Å². The van der Waals surface area contributed by atoms with Crippen LogP contribution in [0.3, 0.4) is 0 Å². The normalized spacial score (nSPS) is 22.9. The largest absolute Gasteiger partial charge is 0.391 e. The lowest BCUT2D eigenvalue weighted by molar-refractivity contribution is 0.174. The zero-order valence-electron chi connectivity index (χ0n) is 11.5. The number of nitrogens with zero attached hydrogens (tertiary/aromatic N) is 2. The van der Waals surface area contributed by atoms with Gasteiger partial charge in [0.2, 0.25) is 5.90 Å². The molecule has 2 aliphatic heterocycles. The van der Waals surface area contributed by atoms with E-state index < -0.39 is 0 Å². The fourth-order valence-electron chi connectivity index (χ4n) is 2.68. The highest BCUT2D eigenvalue weighted by atomic mass is 35.5. The van der Waals surface area contributed by atoms with Gasteiger partial charge in [-0.1, -0.05) is 23.7 Å². The summed E-state index contributed by atoms with van der Waals surface area (Å²) in [6, 6.07) is 7.69. The van der Waals surface area contributed by atoms with Crippen LogP contribution in [0.25, 0.3) is 0 Å². The van der Waals surface area contributed by atoms with Crippen LogP contribution in [0.4, 0.5) is 0 Å². The third kappa shape index (κ3) is 3.51. The Hall–Kier alpha value is -1.10. The van der Waals surface area contributed by atoms with Gasteiger partial charge in [0.15, 0.2) is 6.17 Å². The van der Waals surface area contributed by atoms with E-state index >= 15 is 0 Å². The van der Waals surface area contributed by atoms with E-state index in [1.807, 2.05) is 24.3 Å². The fourth-order valence-corrected chi connectivity index (χ4v) is 2.81. The molecule has 108 valence electrons. The van der Waals surface area contributed by atoms with Crippen LogP contribution in [0.2, 0.25) is 5.02 Å². The summed E-state index contributed by atoms with van der Waals surface area (Å²) in [5.41, 5.74) is 4.03. The van der Waals surface area contributed by atoms with Gasteiger partial charge in [0.25, 0.3) is 0 Å². The van der Waals surface area contributed by atoms with Gasteiger partial charge in [-0.15, -0.1) is 5.48 Å². The molecule has 1 aromatic rings. The molecule has 0 amide bonds. The van der Waals surface area contributed by atoms with Crippen molar-refractivity contribution >= 4 is 17.5 Å². The number of hydroxylamine groups is 1. The molecule has 4 nitrogen and oxygen atoms in total. The van der Waals surface area contributed by atoms with Crippen LogP contribution in [0.1, 0.15) is 37.4 Å². The van der Waals surface area contributed by atoms with Gasteiger partial charge in [0.1, 0.15) is 0 Å². The van der Waals surface area contributed by atoms with Crippen molar-refractivity contribution in [2.24, 2.45) is 4.99 Å². The smallest absolute Gasteiger partial charge is 0.211 e. The third-order valence-electron chi connectivity index (χ3n) is 3.81. The second kappa shape index (κ2) is 6.57. The molecule has 0 spiro atoms. The highest BCUT2D eigenvalue weighted by Crippen LogP contribution is 2.22. The molecule has 1 fully saturated rings. The van der Waals surface area contributed by atoms with E-state index in [-0.39, 0.29) is 6.17 Å². The number of nitrogens with one attached hydrogen (secondary N) is 1. The van der Waals surface area contributed by atoms with Gasteiger partial charge in [0.05, 0.1) is 0 Å². The lowest BCUT2D eigenvalue weighted by atomic mass is 10.2. The molecule has 0 aromatic heterocycles. The molecule has 0 saturated carbocycles. The van der Waals surface area contributed by atoms with Crippen molar-refractivity contribution in [1.82, 2.24) is 10.4 Å². The Balaban J connectivity index is 1.48. The van der Waals surface area contributed by atoms with E-state index in [4.69, 9.17) is 16.4 Å². The van der Waals surface area contributed by atoms with E-state index in [9.17, 15) is 0 Å². The molecule has 1 N–H and O–H groups in total. The Morgan fingerprint density at radius 1 is 1.25 bits per heavy atom. The molecule has 0 unspecified atom stereocenters. The number of hydrogen-bond donors (Lipinski definition) is 1. The maximum Gasteiger partial charge on any atom is 0.211 e. The average molecular weight is 294 g/mol. The van der Waals surface area contributed by atoms with Crippen molar-refractivity contribution in [2.75, 3.05) is 19.6 Å². The first kappa shape index (κ1) is 13.9. The summed E-state index contributed by atoms with van der Waals surface area (Å²) in [7, 11) is 0. The Morgan fingerprint density at radius 2 is 2.00 bits per heavy atom. The van der Waals surface area contributed by atoms with E-state index in [1.165, 1.54) is 25.9 Å².